The number of nitrogens with zero attached hydrogens (tertiary/aromatic N) is 2. The summed E-state index contributed by atoms with van der Waals surface area (Å²) in [5.74, 6) is -11.5. The number of likely N-dealkylation sites (tertiary alicyclic amines) is 1. The van der Waals surface area contributed by atoms with Gasteiger partial charge in [0.25, 0.3) is 0 Å². The van der Waals surface area contributed by atoms with E-state index < -0.39 is 187 Å². The van der Waals surface area contributed by atoms with E-state index in [9.17, 15) is 67.4 Å². The number of H-pyrrole nitrogens is 3. The van der Waals surface area contributed by atoms with E-state index in [1.165, 1.54) is 41.3 Å². The highest BCUT2D eigenvalue weighted by Gasteiger charge is 2.45. The molecule has 0 saturated carbocycles. The molecule has 0 bridgehead atoms. The fourth-order valence-corrected chi connectivity index (χ4v) is 18.1. The second-order valence-corrected chi connectivity index (χ2v) is 36.9. The maximum absolute atomic E-state index is 15.2. The van der Waals surface area contributed by atoms with Crippen LogP contribution in [0.3, 0.4) is 0 Å². The van der Waals surface area contributed by atoms with Gasteiger partial charge in [0.05, 0.1) is 49.8 Å². The van der Waals surface area contributed by atoms with E-state index in [0.717, 1.165) is 29.5 Å². The molecule has 718 valence electrons. The Labute approximate surface area is 774 Å². The number of para-hydroxylation sites is 2. The van der Waals surface area contributed by atoms with Crippen molar-refractivity contribution in [3.8, 4) is 5.75 Å². The number of aromatic hydroxyl groups is 1. The van der Waals surface area contributed by atoms with Crippen LogP contribution in [0, 0.1) is 17.8 Å². The molecule has 0 unspecified atom stereocenters. The second kappa shape index (κ2) is 51.5. The maximum atomic E-state index is 15.2. The number of rotatable bonds is 54. The van der Waals surface area contributed by atoms with Crippen molar-refractivity contribution in [3.63, 3.8) is 0 Å². The SMILES string of the molecule is CSCC[C@H](NC(=O)[C@@H]1CCCN1C(=O)[C@@H](NC(=O)[C@H](Cc1c[nH]c2ccccc12)NC(=O)[C@@H](N)Cc1ccc(O)cc1)C(C)C)C(=O)N[C@@H](Cc1c[nH]c2ccccc12)C(=O)N[C@H](C(=O)N[C@@H](Cc1c[nH]cn1)C(=O)N[C@H](C(=O)N[C@@H](CCCCN)C(=O)NCC(=O)NCC(=O)NCC(=O)N[C@@H](CCCCNC(=O)CCCC[C@@H]1SC[C@@H]2NC(=O)N[C@@H]21)C(N)=O)C(C)C)C(C)C. The number of carbonyl (C=O) groups excluding carboxylic acids is 16. The number of imidazole rings is 1. The van der Waals surface area contributed by atoms with E-state index >= 15 is 14.4 Å². The number of unbranched alkanes of at least 4 members (excludes halogenated alkanes) is 3. The molecule has 6 aromatic rings. The van der Waals surface area contributed by atoms with Crippen molar-refractivity contribution in [3.05, 3.63) is 120 Å². The average Bonchev–Trinajstić information content (AvgIpc) is 1.67. The number of hydrogen-bond acceptors (Lipinski definition) is 22. The lowest BCUT2D eigenvalue weighted by Crippen LogP contribution is -2.62. The van der Waals surface area contributed by atoms with Crippen molar-refractivity contribution in [2.75, 3.05) is 57.0 Å². The van der Waals surface area contributed by atoms with E-state index in [0.29, 0.717) is 95.8 Å². The van der Waals surface area contributed by atoms with Gasteiger partial charge in [-0.1, -0.05) is 96.5 Å². The minimum Gasteiger partial charge on any atom is -0.508 e. The van der Waals surface area contributed by atoms with E-state index in [1.54, 1.807) is 72.1 Å². The Morgan fingerprint density at radius 1 is 0.538 bits per heavy atom. The molecule has 3 aromatic heterocycles. The summed E-state index contributed by atoms with van der Waals surface area (Å²) in [7, 11) is 0. The summed E-state index contributed by atoms with van der Waals surface area (Å²) < 4.78 is 0. The van der Waals surface area contributed by atoms with Crippen LogP contribution in [0.4, 0.5) is 4.79 Å². The van der Waals surface area contributed by atoms with E-state index in [2.05, 4.69) is 99.7 Å². The number of fused-ring (bicyclic) bond motifs is 3. The number of amides is 17. The topological polar surface area (TPSA) is 615 Å². The van der Waals surface area contributed by atoms with Crippen molar-refractivity contribution in [1.29, 1.82) is 0 Å². The van der Waals surface area contributed by atoms with Gasteiger partial charge in [0.1, 0.15) is 66.2 Å². The maximum Gasteiger partial charge on any atom is 0.315 e. The number of phenols is 1. The first kappa shape index (κ1) is 103. The minimum absolute atomic E-state index is 0.00317. The summed E-state index contributed by atoms with van der Waals surface area (Å²) in [6, 6.07) is 6.95. The first-order chi connectivity index (χ1) is 63.2. The molecule has 9 rings (SSSR count). The zero-order chi connectivity index (χ0) is 95.7. The van der Waals surface area contributed by atoms with Gasteiger partial charge in [0.2, 0.25) is 88.6 Å². The second-order valence-electron chi connectivity index (χ2n) is 34.6. The number of primary amides is 1. The lowest BCUT2D eigenvalue weighted by atomic mass is 9.99. The Bertz CT molecular complexity index is 4950. The first-order valence-electron chi connectivity index (χ1n) is 45.1. The third-order valence-corrected chi connectivity index (χ3v) is 25.6. The zero-order valence-electron chi connectivity index (χ0n) is 75.7. The Kier molecular flexibility index (Phi) is 40.3. The number of benzene rings is 3. The van der Waals surface area contributed by atoms with Crippen LogP contribution in [-0.4, -0.2) is 265 Å². The van der Waals surface area contributed by atoms with Crippen LogP contribution < -0.4 is 97.0 Å². The normalized spacial score (nSPS) is 17.4. The van der Waals surface area contributed by atoms with Crippen LogP contribution in [0.5, 0.6) is 5.75 Å². The largest absolute Gasteiger partial charge is 0.508 e. The monoisotopic (exact) mass is 1870 g/mol. The van der Waals surface area contributed by atoms with E-state index in [-0.39, 0.29) is 94.2 Å². The third-order valence-electron chi connectivity index (χ3n) is 23.5. The van der Waals surface area contributed by atoms with Gasteiger partial charge < -0.3 is 122 Å². The fourth-order valence-electron chi connectivity index (χ4n) is 16.1. The third kappa shape index (κ3) is 31.2. The summed E-state index contributed by atoms with van der Waals surface area (Å²) in [5.41, 5.74) is 21.6. The van der Waals surface area contributed by atoms with Crippen molar-refractivity contribution >= 4 is 140 Å². The molecule has 3 aliphatic heterocycles. The predicted octanol–water partition coefficient (Wildman–Crippen LogP) is -0.274. The standard InChI is InChI=1S/C90H129N23O17S2/c1-49(2)75(87(127)104-63(24-14-16-33-91)81(121)100-45-73(117)98-44-72(116)99-46-74(118)102-62(79(93)119)23-15-17-34-95-71(115)27-13-12-26-70-78-68(47-132-70)108-90(130)112-78)110-85(125)67(40-55-43-94-48-101-55)107-88(128)76(50(3)4)109-83(123)66(39-54-42-97-61-22-11-9-20-58(54)61)106-82(122)64(32-36-131-7)103-86(126)69-25-18-35-113(69)89(129)77(51(5)6)111-84(124)65(38-53-41-96-60-21-10-8-19-57(53)60)105-80(120)59(92)37-52-28-30-56(114)31-29-52/h8-11,19-22,28-31,41-43,48-51,59,62-70,75-78,96-97,114H,12-18,23-27,32-40,44-47,91-92H2,1-7H3,(H2,93,119)(H,94,101)(H,95,115)(H,98,117)(H,99,116)(H,100,121)(H,102,118)(H,103,126)(H,104,127)(H,105,120)(H,106,122)(H,107,128)(H,109,123)(H,110,125)(H,111,124)(H2,108,112,130)/t59-,62-,63-,64-,65-,66-,67-,68-,69-,70-,75-,76-,77-,78-/m0/s1. The summed E-state index contributed by atoms with van der Waals surface area (Å²) in [6.07, 6.45) is 13.0. The van der Waals surface area contributed by atoms with Crippen LogP contribution in [0.2, 0.25) is 0 Å². The lowest BCUT2D eigenvalue weighted by Gasteiger charge is -2.32. The van der Waals surface area contributed by atoms with E-state index in [4.69, 9.17) is 17.2 Å². The molecule has 3 saturated heterocycles. The smallest absolute Gasteiger partial charge is 0.315 e. The first-order valence-corrected chi connectivity index (χ1v) is 47.5. The summed E-state index contributed by atoms with van der Waals surface area (Å²) in [6.45, 7) is 8.84. The Morgan fingerprint density at radius 2 is 1.08 bits per heavy atom. The molecule has 6 heterocycles. The molecular formula is C90H129N23O17S2. The molecule has 25 N–H and O–H groups in total. The predicted molar refractivity (Wildman–Crippen MR) is 498 cm³/mol. The number of aromatic nitrogens is 4. The van der Waals surface area contributed by atoms with Gasteiger partial charge in [0, 0.05) is 90.2 Å². The molecule has 0 radical (unpaired) electrons. The number of thioether (sulfide) groups is 2. The molecule has 0 spiro atoms. The molecule has 40 nitrogen and oxygen atoms in total. The van der Waals surface area contributed by atoms with Gasteiger partial charge in [-0.25, -0.2) is 9.78 Å². The van der Waals surface area contributed by atoms with Crippen LogP contribution in [0.15, 0.2) is 97.7 Å². The molecule has 0 aliphatic carbocycles. The number of hydrogen-bond donors (Lipinski definition) is 22. The molecule has 3 aromatic carbocycles. The number of carbonyl (C=O) groups is 16. The number of urea groups is 1. The molecule has 3 aliphatic rings. The lowest BCUT2D eigenvalue weighted by molar-refractivity contribution is -0.143. The average molecular weight is 1870 g/mol. The van der Waals surface area contributed by atoms with Crippen LogP contribution >= 0.6 is 23.5 Å². The molecule has 132 heavy (non-hydrogen) atoms. The molecular weight excluding hydrogens is 1740 g/mol. The van der Waals surface area contributed by atoms with Crippen molar-refractivity contribution < 1.29 is 81.8 Å². The summed E-state index contributed by atoms with van der Waals surface area (Å²) >= 11 is 3.20. The highest BCUT2D eigenvalue weighted by Crippen LogP contribution is 2.34. The van der Waals surface area contributed by atoms with Gasteiger partial charge in [-0.15, -0.1) is 0 Å². The highest BCUT2D eigenvalue weighted by atomic mass is 32.2. The van der Waals surface area contributed by atoms with Gasteiger partial charge in [-0.2, -0.15) is 23.5 Å². The van der Waals surface area contributed by atoms with Crippen molar-refractivity contribution in [2.24, 2.45) is 35.0 Å². The van der Waals surface area contributed by atoms with Gasteiger partial charge in [-0.05, 0) is 154 Å². The van der Waals surface area contributed by atoms with Crippen molar-refractivity contribution in [2.45, 2.75) is 234 Å². The quantitative estimate of drug-likeness (QED) is 0.0173. The molecule has 17 amide bonds. The van der Waals surface area contributed by atoms with Gasteiger partial charge >= 0.3 is 6.03 Å². The summed E-state index contributed by atoms with van der Waals surface area (Å²) in [4.78, 5) is 237. The molecule has 42 heteroatoms. The number of nitrogens with two attached hydrogens (primary N) is 3. The van der Waals surface area contributed by atoms with Crippen LogP contribution in [0.1, 0.15) is 147 Å². The molecule has 3 fully saturated rings. The number of aromatic amines is 3. The highest BCUT2D eigenvalue weighted by molar-refractivity contribution is 8.00. The Morgan fingerprint density at radius 3 is 1.66 bits per heavy atom. The van der Waals surface area contributed by atoms with Crippen LogP contribution in [0.25, 0.3) is 21.8 Å². The Hall–Kier alpha value is -12.3. The minimum atomic E-state index is -1.48. The van der Waals surface area contributed by atoms with E-state index in [1.807, 2.05) is 60.5 Å². The van der Waals surface area contributed by atoms with Gasteiger partial charge in [-0.3, -0.25) is 71.9 Å². The Balaban J connectivity index is 0.788. The van der Waals surface area contributed by atoms with Gasteiger partial charge in [0.15, 0.2) is 0 Å². The summed E-state index contributed by atoms with van der Waals surface area (Å²) in [5, 5.41) is 52.6. The number of nitrogens with one attached hydrogen (secondary N) is 18. The zero-order valence-corrected chi connectivity index (χ0v) is 77.3. The number of phenolic OH excluding ortho intramolecular Hbond substituents is 1. The fraction of sp³-hybridized carbons (Fsp3) is 0.544. The van der Waals surface area contributed by atoms with Crippen molar-refractivity contribution in [1.82, 2.24) is 105 Å². The molecule has 14 atom stereocenters. The van der Waals surface area contributed by atoms with Crippen LogP contribution in [-0.2, 0) is 97.6 Å².